The summed E-state index contributed by atoms with van der Waals surface area (Å²) in [4.78, 5) is 17.0. The maximum atomic E-state index is 11.9. The number of ether oxygens (including phenoxy) is 1. The average Bonchev–Trinajstić information content (AvgIpc) is 2.79. The van der Waals surface area contributed by atoms with E-state index in [0.29, 0.717) is 6.42 Å². The fraction of sp³-hybridized carbons (Fsp3) is 0.500. The Labute approximate surface area is 112 Å². The molecule has 104 valence electrons. The van der Waals surface area contributed by atoms with Crippen LogP contribution in [0.25, 0.3) is 0 Å². The van der Waals surface area contributed by atoms with Crippen molar-refractivity contribution < 1.29 is 19.5 Å². The number of aliphatic hydroxyl groups is 1. The third-order valence-corrected chi connectivity index (χ3v) is 3.05. The molecule has 1 aromatic carbocycles. The van der Waals surface area contributed by atoms with Gasteiger partial charge in [0, 0.05) is 6.42 Å². The van der Waals surface area contributed by atoms with Gasteiger partial charge >= 0.3 is 6.09 Å². The van der Waals surface area contributed by atoms with Gasteiger partial charge in [0.15, 0.2) is 6.29 Å². The molecular weight excluding hydrogens is 246 g/mol. The number of benzene rings is 1. The molecule has 2 rings (SSSR count). The highest BCUT2D eigenvalue weighted by atomic mass is 16.8. The third kappa shape index (κ3) is 3.68. The van der Waals surface area contributed by atoms with E-state index in [1.807, 2.05) is 37.3 Å². The zero-order chi connectivity index (χ0) is 13.7. The van der Waals surface area contributed by atoms with Crippen molar-refractivity contribution in [2.75, 3.05) is 0 Å². The van der Waals surface area contributed by atoms with Gasteiger partial charge in [0.1, 0.15) is 6.61 Å². The molecule has 5 heteroatoms. The van der Waals surface area contributed by atoms with Gasteiger partial charge < -0.3 is 9.84 Å². The standard InChI is InChI=1S/C14H19NO4/c1-2-6-12-9-13(16)19-15(12)14(17)18-10-11-7-4-3-5-8-11/h3-5,7-8,12-13,16H,2,6,9-10H2,1H3/t12-,13+/m0/s1. The lowest BCUT2D eigenvalue weighted by atomic mass is 10.1. The Morgan fingerprint density at radius 1 is 1.47 bits per heavy atom. The van der Waals surface area contributed by atoms with Crippen LogP contribution in [0.2, 0.25) is 0 Å². The van der Waals surface area contributed by atoms with E-state index in [4.69, 9.17) is 9.57 Å². The first-order valence-electron chi connectivity index (χ1n) is 6.55. The number of carbonyl (C=O) groups is 1. The molecule has 1 saturated heterocycles. The lowest BCUT2D eigenvalue weighted by Crippen LogP contribution is -2.35. The molecule has 0 unspecified atom stereocenters. The quantitative estimate of drug-likeness (QED) is 0.908. The lowest BCUT2D eigenvalue weighted by molar-refractivity contribution is -0.202. The van der Waals surface area contributed by atoms with Crippen LogP contribution in [0.4, 0.5) is 4.79 Å². The van der Waals surface area contributed by atoms with Gasteiger partial charge in [0.2, 0.25) is 0 Å². The molecule has 1 aromatic rings. The number of aliphatic hydroxyl groups excluding tert-OH is 1. The highest BCUT2D eigenvalue weighted by Gasteiger charge is 2.36. The molecule has 0 aromatic heterocycles. The number of hydrogen-bond acceptors (Lipinski definition) is 4. The molecular formula is C14H19NO4. The maximum Gasteiger partial charge on any atom is 0.434 e. The summed E-state index contributed by atoms with van der Waals surface area (Å²) in [6.07, 6.45) is 0.689. The number of hydroxylamine groups is 2. The summed E-state index contributed by atoms with van der Waals surface area (Å²) in [5, 5.41) is 10.6. The molecule has 0 aliphatic carbocycles. The SMILES string of the molecule is CCC[C@H]1C[C@H](O)ON1C(=O)OCc1ccccc1. The number of hydrogen-bond donors (Lipinski definition) is 1. The van der Waals surface area contributed by atoms with Gasteiger partial charge in [-0.05, 0) is 12.0 Å². The van der Waals surface area contributed by atoms with Crippen LogP contribution in [0.5, 0.6) is 0 Å². The minimum atomic E-state index is -0.916. The van der Waals surface area contributed by atoms with Gasteiger partial charge in [-0.1, -0.05) is 43.7 Å². The minimum Gasteiger partial charge on any atom is -0.443 e. The fourth-order valence-electron chi connectivity index (χ4n) is 2.13. The van der Waals surface area contributed by atoms with Crippen molar-refractivity contribution in [1.29, 1.82) is 0 Å². The first-order chi connectivity index (χ1) is 9.20. The van der Waals surface area contributed by atoms with Crippen LogP contribution in [-0.4, -0.2) is 28.6 Å². The molecule has 1 amide bonds. The van der Waals surface area contributed by atoms with Crippen LogP contribution in [0.3, 0.4) is 0 Å². The van der Waals surface area contributed by atoms with Crippen molar-refractivity contribution in [2.24, 2.45) is 0 Å². The van der Waals surface area contributed by atoms with Crippen LogP contribution in [0.1, 0.15) is 31.7 Å². The van der Waals surface area contributed by atoms with E-state index in [9.17, 15) is 9.90 Å². The summed E-state index contributed by atoms with van der Waals surface area (Å²) >= 11 is 0. The van der Waals surface area contributed by atoms with Crippen molar-refractivity contribution in [3.05, 3.63) is 35.9 Å². The van der Waals surface area contributed by atoms with Crippen molar-refractivity contribution in [3.63, 3.8) is 0 Å². The van der Waals surface area contributed by atoms with E-state index < -0.39 is 12.4 Å². The zero-order valence-corrected chi connectivity index (χ0v) is 11.0. The number of rotatable bonds is 4. The molecule has 1 heterocycles. The fourth-order valence-corrected chi connectivity index (χ4v) is 2.13. The van der Waals surface area contributed by atoms with E-state index in [0.717, 1.165) is 23.5 Å². The second-order valence-corrected chi connectivity index (χ2v) is 4.60. The van der Waals surface area contributed by atoms with Gasteiger partial charge in [-0.25, -0.2) is 9.63 Å². The summed E-state index contributed by atoms with van der Waals surface area (Å²) in [6.45, 7) is 2.23. The number of carbonyl (C=O) groups excluding carboxylic acids is 1. The zero-order valence-electron chi connectivity index (χ0n) is 11.0. The van der Waals surface area contributed by atoms with Gasteiger partial charge in [-0.3, -0.25) is 0 Å². The number of amides is 1. The predicted octanol–water partition coefficient (Wildman–Crippen LogP) is 2.45. The molecule has 19 heavy (non-hydrogen) atoms. The van der Waals surface area contributed by atoms with E-state index in [1.54, 1.807) is 0 Å². The minimum absolute atomic E-state index is 0.108. The predicted molar refractivity (Wildman–Crippen MR) is 68.9 cm³/mol. The van der Waals surface area contributed by atoms with E-state index in [-0.39, 0.29) is 12.6 Å². The average molecular weight is 265 g/mol. The highest BCUT2D eigenvalue weighted by Crippen LogP contribution is 2.24. The van der Waals surface area contributed by atoms with Crippen LogP contribution in [-0.2, 0) is 16.2 Å². The summed E-state index contributed by atoms with van der Waals surface area (Å²) in [6, 6.07) is 9.34. The van der Waals surface area contributed by atoms with E-state index in [1.165, 1.54) is 0 Å². The Balaban J connectivity index is 1.88. The molecule has 5 nitrogen and oxygen atoms in total. The number of nitrogens with zero attached hydrogens (tertiary/aromatic N) is 1. The van der Waals surface area contributed by atoms with Crippen LogP contribution >= 0.6 is 0 Å². The second-order valence-electron chi connectivity index (χ2n) is 4.60. The lowest BCUT2D eigenvalue weighted by Gasteiger charge is -2.21. The van der Waals surface area contributed by atoms with Gasteiger partial charge in [0.05, 0.1) is 6.04 Å². The molecule has 1 aliphatic heterocycles. The summed E-state index contributed by atoms with van der Waals surface area (Å²) in [5.41, 5.74) is 0.919. The first-order valence-corrected chi connectivity index (χ1v) is 6.55. The molecule has 1 N–H and O–H groups in total. The summed E-state index contributed by atoms with van der Waals surface area (Å²) in [7, 11) is 0. The van der Waals surface area contributed by atoms with E-state index >= 15 is 0 Å². The van der Waals surface area contributed by atoms with Crippen LogP contribution < -0.4 is 0 Å². The van der Waals surface area contributed by atoms with Gasteiger partial charge in [-0.15, -0.1) is 0 Å². The molecule has 0 saturated carbocycles. The normalized spacial score (nSPS) is 22.5. The van der Waals surface area contributed by atoms with Gasteiger partial charge in [0.25, 0.3) is 0 Å². The monoisotopic (exact) mass is 265 g/mol. The molecule has 0 spiro atoms. The molecule has 0 bridgehead atoms. The highest BCUT2D eigenvalue weighted by molar-refractivity contribution is 5.67. The Morgan fingerprint density at radius 2 is 2.21 bits per heavy atom. The van der Waals surface area contributed by atoms with Crippen LogP contribution in [0, 0.1) is 0 Å². The van der Waals surface area contributed by atoms with Gasteiger partial charge in [-0.2, -0.15) is 5.06 Å². The Bertz CT molecular complexity index is 409. The van der Waals surface area contributed by atoms with E-state index in [2.05, 4.69) is 0 Å². The van der Waals surface area contributed by atoms with Crippen molar-refractivity contribution in [1.82, 2.24) is 5.06 Å². The third-order valence-electron chi connectivity index (χ3n) is 3.05. The largest absolute Gasteiger partial charge is 0.443 e. The Kier molecular flexibility index (Phi) is 4.76. The summed E-state index contributed by atoms with van der Waals surface area (Å²) < 4.78 is 5.19. The van der Waals surface area contributed by atoms with Crippen LogP contribution in [0.15, 0.2) is 30.3 Å². The van der Waals surface area contributed by atoms with Crippen molar-refractivity contribution in [3.8, 4) is 0 Å². The Morgan fingerprint density at radius 3 is 2.89 bits per heavy atom. The maximum absolute atomic E-state index is 11.9. The topological polar surface area (TPSA) is 59.0 Å². The molecule has 2 atom stereocenters. The molecule has 1 fully saturated rings. The molecule has 1 aliphatic rings. The smallest absolute Gasteiger partial charge is 0.434 e. The summed E-state index contributed by atoms with van der Waals surface area (Å²) in [5.74, 6) is 0. The molecule has 0 radical (unpaired) electrons. The first kappa shape index (κ1) is 13.8. The Hall–Kier alpha value is -1.59. The van der Waals surface area contributed by atoms with Crippen molar-refractivity contribution in [2.45, 2.75) is 45.1 Å². The van der Waals surface area contributed by atoms with Crippen molar-refractivity contribution >= 4 is 6.09 Å². The second kappa shape index (κ2) is 6.54.